The zero-order valence-electron chi connectivity index (χ0n) is 14.2. The maximum atomic E-state index is 14.1. The van der Waals surface area contributed by atoms with Crippen LogP contribution in [0.3, 0.4) is 0 Å². The van der Waals surface area contributed by atoms with Crippen LogP contribution in [-0.4, -0.2) is 44.9 Å². The van der Waals surface area contributed by atoms with Crippen LogP contribution in [0, 0.1) is 23.3 Å². The molecule has 0 aliphatic carbocycles. The van der Waals surface area contributed by atoms with Crippen molar-refractivity contribution in [2.75, 3.05) is 31.6 Å². The second-order valence-electron chi connectivity index (χ2n) is 5.86. The lowest BCUT2D eigenvalue weighted by Crippen LogP contribution is -2.40. The van der Waals surface area contributed by atoms with Crippen LogP contribution in [-0.2, 0) is 14.8 Å². The van der Waals surface area contributed by atoms with Crippen LogP contribution in [0.2, 0.25) is 0 Å². The number of morpholine rings is 1. The first-order chi connectivity index (χ1) is 13.2. The number of carbonyl (C=O) groups excluding carboxylic acids is 1. The SMILES string of the molecule is O=C(Nc1cc(F)c(F)cc1F)c1cc(S(=O)(=O)N2CCOCC2)ccc1F. The molecule has 0 spiro atoms. The van der Waals surface area contributed by atoms with Crippen LogP contribution in [0.15, 0.2) is 35.2 Å². The molecule has 0 atom stereocenters. The normalized spacial score (nSPS) is 15.4. The van der Waals surface area contributed by atoms with Gasteiger partial charge in [0.25, 0.3) is 5.91 Å². The molecule has 1 aliphatic heterocycles. The highest BCUT2D eigenvalue weighted by molar-refractivity contribution is 7.89. The summed E-state index contributed by atoms with van der Waals surface area (Å²) in [6, 6.07) is 3.20. The molecule has 3 rings (SSSR count). The minimum atomic E-state index is -4.01. The molecule has 150 valence electrons. The minimum Gasteiger partial charge on any atom is -0.379 e. The lowest BCUT2D eigenvalue weighted by atomic mass is 10.2. The van der Waals surface area contributed by atoms with Crippen LogP contribution < -0.4 is 5.32 Å². The zero-order valence-corrected chi connectivity index (χ0v) is 15.0. The monoisotopic (exact) mass is 418 g/mol. The predicted octanol–water partition coefficient (Wildman–Crippen LogP) is 2.52. The van der Waals surface area contributed by atoms with Crippen molar-refractivity contribution in [3.05, 3.63) is 59.2 Å². The summed E-state index contributed by atoms with van der Waals surface area (Å²) in [7, 11) is -4.01. The second kappa shape index (κ2) is 7.86. The molecule has 2 aromatic rings. The summed E-state index contributed by atoms with van der Waals surface area (Å²) in [5.41, 5.74) is -1.41. The van der Waals surface area contributed by atoms with Crippen LogP contribution in [0.25, 0.3) is 0 Å². The fourth-order valence-corrected chi connectivity index (χ4v) is 4.02. The Bertz CT molecular complexity index is 1020. The number of rotatable bonds is 4. The number of sulfonamides is 1. The van der Waals surface area contributed by atoms with Gasteiger partial charge in [0.2, 0.25) is 10.0 Å². The second-order valence-corrected chi connectivity index (χ2v) is 7.80. The number of halogens is 4. The number of benzene rings is 2. The lowest BCUT2D eigenvalue weighted by molar-refractivity contribution is 0.0730. The van der Waals surface area contributed by atoms with Crippen molar-refractivity contribution >= 4 is 21.6 Å². The summed E-state index contributed by atoms with van der Waals surface area (Å²) in [6.45, 7) is 0.592. The third-order valence-electron chi connectivity index (χ3n) is 4.05. The molecule has 0 aromatic heterocycles. The number of hydrogen-bond donors (Lipinski definition) is 1. The molecule has 1 saturated heterocycles. The van der Waals surface area contributed by atoms with E-state index in [-0.39, 0.29) is 37.3 Å². The summed E-state index contributed by atoms with van der Waals surface area (Å²) in [6.07, 6.45) is 0. The van der Waals surface area contributed by atoms with Gasteiger partial charge in [0.1, 0.15) is 11.6 Å². The first-order valence-electron chi connectivity index (χ1n) is 8.03. The molecule has 0 radical (unpaired) electrons. The number of amides is 1. The number of carbonyl (C=O) groups is 1. The molecule has 1 N–H and O–H groups in total. The summed E-state index contributed by atoms with van der Waals surface area (Å²) < 4.78 is 85.5. The van der Waals surface area contributed by atoms with Gasteiger partial charge in [-0.15, -0.1) is 0 Å². The molecule has 1 aliphatic rings. The van der Waals surface area contributed by atoms with E-state index in [9.17, 15) is 30.8 Å². The van der Waals surface area contributed by atoms with E-state index in [1.54, 1.807) is 0 Å². The number of nitrogens with zero attached hydrogens (tertiary/aromatic N) is 1. The third kappa shape index (κ3) is 4.01. The van der Waals surface area contributed by atoms with E-state index in [4.69, 9.17) is 4.74 Å². The Hall–Kier alpha value is -2.50. The van der Waals surface area contributed by atoms with Gasteiger partial charge in [-0.2, -0.15) is 4.31 Å². The molecule has 1 fully saturated rings. The van der Waals surface area contributed by atoms with E-state index in [0.717, 1.165) is 22.5 Å². The fourth-order valence-electron chi connectivity index (χ4n) is 2.58. The van der Waals surface area contributed by atoms with Crippen LogP contribution in [0.5, 0.6) is 0 Å². The van der Waals surface area contributed by atoms with Crippen molar-refractivity contribution in [3.8, 4) is 0 Å². The van der Waals surface area contributed by atoms with Gasteiger partial charge >= 0.3 is 0 Å². The summed E-state index contributed by atoms with van der Waals surface area (Å²) >= 11 is 0. The Labute approximate surface area is 157 Å². The molecule has 28 heavy (non-hydrogen) atoms. The molecule has 11 heteroatoms. The summed E-state index contributed by atoms with van der Waals surface area (Å²) in [5, 5.41) is 1.90. The zero-order chi connectivity index (χ0) is 20.5. The van der Waals surface area contributed by atoms with Gasteiger partial charge in [-0.3, -0.25) is 4.79 Å². The topological polar surface area (TPSA) is 75.7 Å². The van der Waals surface area contributed by atoms with Crippen molar-refractivity contribution in [2.24, 2.45) is 0 Å². The van der Waals surface area contributed by atoms with Crippen molar-refractivity contribution in [1.29, 1.82) is 0 Å². The van der Waals surface area contributed by atoms with Gasteiger partial charge in [0, 0.05) is 25.2 Å². The van der Waals surface area contributed by atoms with Gasteiger partial charge in [0.15, 0.2) is 11.6 Å². The average molecular weight is 418 g/mol. The number of anilines is 1. The Morgan fingerprint density at radius 3 is 2.25 bits per heavy atom. The maximum absolute atomic E-state index is 14.1. The predicted molar refractivity (Wildman–Crippen MR) is 90.2 cm³/mol. The van der Waals surface area contributed by atoms with E-state index in [1.165, 1.54) is 0 Å². The van der Waals surface area contributed by atoms with Crippen LogP contribution >= 0.6 is 0 Å². The molecule has 0 bridgehead atoms. The van der Waals surface area contributed by atoms with Gasteiger partial charge in [-0.25, -0.2) is 26.0 Å². The van der Waals surface area contributed by atoms with Crippen molar-refractivity contribution in [3.63, 3.8) is 0 Å². The first kappa shape index (κ1) is 20.2. The molecular weight excluding hydrogens is 404 g/mol. The standard InChI is InChI=1S/C17H14F4N2O4S/c18-12-2-1-10(28(25,26)23-3-5-27-6-4-23)7-11(12)17(24)22-16-9-14(20)13(19)8-15(16)21/h1-2,7-9H,3-6H2,(H,22,24). The van der Waals surface area contributed by atoms with E-state index in [2.05, 4.69) is 0 Å². The highest BCUT2D eigenvalue weighted by atomic mass is 32.2. The van der Waals surface area contributed by atoms with Crippen molar-refractivity contribution in [1.82, 2.24) is 4.31 Å². The molecule has 6 nitrogen and oxygen atoms in total. The Morgan fingerprint density at radius 2 is 1.57 bits per heavy atom. The van der Waals surface area contributed by atoms with Gasteiger partial charge in [-0.1, -0.05) is 0 Å². The van der Waals surface area contributed by atoms with Gasteiger partial charge in [-0.05, 0) is 18.2 Å². The van der Waals surface area contributed by atoms with E-state index in [1.807, 2.05) is 5.32 Å². The molecule has 0 saturated carbocycles. The Balaban J connectivity index is 1.91. The molecule has 1 amide bonds. The van der Waals surface area contributed by atoms with Crippen LogP contribution in [0.1, 0.15) is 10.4 Å². The van der Waals surface area contributed by atoms with E-state index >= 15 is 0 Å². The average Bonchev–Trinajstić information content (AvgIpc) is 2.67. The van der Waals surface area contributed by atoms with E-state index < -0.39 is 50.5 Å². The number of nitrogens with one attached hydrogen (secondary N) is 1. The lowest BCUT2D eigenvalue weighted by Gasteiger charge is -2.26. The van der Waals surface area contributed by atoms with Gasteiger partial charge < -0.3 is 10.1 Å². The number of hydrogen-bond acceptors (Lipinski definition) is 4. The molecule has 2 aromatic carbocycles. The van der Waals surface area contributed by atoms with Crippen molar-refractivity contribution < 1.29 is 35.5 Å². The fraction of sp³-hybridized carbons (Fsp3) is 0.235. The van der Waals surface area contributed by atoms with E-state index in [0.29, 0.717) is 6.07 Å². The summed E-state index contributed by atoms with van der Waals surface area (Å²) in [5.74, 6) is -6.44. The largest absolute Gasteiger partial charge is 0.379 e. The van der Waals surface area contributed by atoms with Crippen LogP contribution in [0.4, 0.5) is 23.2 Å². The third-order valence-corrected chi connectivity index (χ3v) is 5.94. The summed E-state index contributed by atoms with van der Waals surface area (Å²) in [4.78, 5) is 11.9. The minimum absolute atomic E-state index is 0.0985. The first-order valence-corrected chi connectivity index (χ1v) is 9.47. The van der Waals surface area contributed by atoms with Crippen molar-refractivity contribution in [2.45, 2.75) is 4.90 Å². The molecule has 1 heterocycles. The number of ether oxygens (including phenoxy) is 1. The molecule has 0 unspecified atom stereocenters. The quantitative estimate of drug-likeness (QED) is 0.612. The highest BCUT2D eigenvalue weighted by Crippen LogP contribution is 2.23. The van der Waals surface area contributed by atoms with Gasteiger partial charge in [0.05, 0.1) is 29.4 Å². The maximum Gasteiger partial charge on any atom is 0.258 e. The molecular formula is C17H14F4N2O4S. The highest BCUT2D eigenvalue weighted by Gasteiger charge is 2.28. The Morgan fingerprint density at radius 1 is 0.929 bits per heavy atom. The Kier molecular flexibility index (Phi) is 5.68. The smallest absolute Gasteiger partial charge is 0.258 e.